The van der Waals surface area contributed by atoms with Crippen LogP contribution in [-0.2, 0) is 23.8 Å². The van der Waals surface area contributed by atoms with Crippen LogP contribution in [0.2, 0.25) is 0 Å². The van der Waals surface area contributed by atoms with Crippen molar-refractivity contribution < 1.29 is 23.8 Å². The molecule has 5 nitrogen and oxygen atoms in total. The van der Waals surface area contributed by atoms with E-state index in [2.05, 4.69) is 81.5 Å². The van der Waals surface area contributed by atoms with Crippen LogP contribution in [0.1, 0.15) is 252 Å². The molecule has 0 aliphatic heterocycles. The average Bonchev–Trinajstić information content (AvgIpc) is 3.25. The van der Waals surface area contributed by atoms with Crippen molar-refractivity contribution >= 4 is 11.9 Å². The number of carbonyl (C=O) groups excluding carboxylic acids is 2. The molecule has 0 N–H and O–H groups in total. The van der Waals surface area contributed by atoms with E-state index in [1.807, 2.05) is 0 Å². The van der Waals surface area contributed by atoms with Crippen molar-refractivity contribution in [1.29, 1.82) is 0 Å². The Hall–Kier alpha value is -2.40. The normalized spacial score (nSPS) is 12.7. The van der Waals surface area contributed by atoms with Gasteiger partial charge in [0.25, 0.3) is 0 Å². The van der Waals surface area contributed by atoms with E-state index >= 15 is 0 Å². The molecule has 0 saturated carbocycles. The summed E-state index contributed by atoms with van der Waals surface area (Å²) in [6.45, 7) is 7.68. The second-order valence-electron chi connectivity index (χ2n) is 17.0. The van der Waals surface area contributed by atoms with Gasteiger partial charge in [-0.15, -0.1) is 0 Å². The quantitative estimate of drug-likeness (QED) is 0.0347. The molecule has 0 fully saturated rings. The predicted molar refractivity (Wildman–Crippen MR) is 261 cm³/mol. The Kier molecular flexibility index (Phi) is 48.9. The summed E-state index contributed by atoms with van der Waals surface area (Å²) >= 11 is 0. The van der Waals surface area contributed by atoms with Gasteiger partial charge < -0.3 is 14.2 Å². The van der Waals surface area contributed by atoms with Crippen molar-refractivity contribution in [3.05, 3.63) is 60.8 Å². The van der Waals surface area contributed by atoms with Crippen molar-refractivity contribution in [1.82, 2.24) is 0 Å². The number of unbranched alkanes of at least 4 members (excludes halogenated alkanes) is 26. The molecule has 0 aromatic rings. The van der Waals surface area contributed by atoms with Crippen molar-refractivity contribution in [2.45, 2.75) is 258 Å². The first-order chi connectivity index (χ1) is 29.6. The van der Waals surface area contributed by atoms with Crippen LogP contribution in [0.5, 0.6) is 0 Å². The average molecular weight is 839 g/mol. The number of hydrogen-bond acceptors (Lipinski definition) is 5. The maximum Gasteiger partial charge on any atom is 0.306 e. The fourth-order valence-electron chi connectivity index (χ4n) is 7.20. The van der Waals surface area contributed by atoms with Crippen LogP contribution in [0.3, 0.4) is 0 Å². The third-order valence-electron chi connectivity index (χ3n) is 11.0. The first-order valence-corrected chi connectivity index (χ1v) is 25.8. The van der Waals surface area contributed by atoms with Gasteiger partial charge >= 0.3 is 11.9 Å². The molecular weight excluding hydrogens is 741 g/mol. The molecule has 0 aliphatic carbocycles. The highest BCUT2D eigenvalue weighted by molar-refractivity contribution is 5.70. The minimum atomic E-state index is -0.555. The maximum atomic E-state index is 12.8. The molecule has 0 aliphatic rings. The van der Waals surface area contributed by atoms with Gasteiger partial charge in [-0.2, -0.15) is 0 Å². The molecule has 0 bridgehead atoms. The van der Waals surface area contributed by atoms with Crippen molar-refractivity contribution in [2.75, 3.05) is 19.8 Å². The summed E-state index contributed by atoms with van der Waals surface area (Å²) in [7, 11) is 0. The summed E-state index contributed by atoms with van der Waals surface area (Å²) in [5, 5.41) is 0. The monoisotopic (exact) mass is 839 g/mol. The molecule has 0 amide bonds. The molecule has 0 saturated heterocycles. The third kappa shape index (κ3) is 48.3. The van der Waals surface area contributed by atoms with Gasteiger partial charge in [-0.05, 0) is 83.5 Å². The van der Waals surface area contributed by atoms with Crippen LogP contribution in [0.25, 0.3) is 0 Å². The summed E-state index contributed by atoms with van der Waals surface area (Å²) in [5.74, 6) is -0.447. The molecule has 348 valence electrons. The van der Waals surface area contributed by atoms with Crippen LogP contribution in [0.4, 0.5) is 0 Å². The largest absolute Gasteiger partial charge is 0.462 e. The van der Waals surface area contributed by atoms with E-state index in [1.165, 1.54) is 135 Å². The molecule has 0 rings (SSSR count). The minimum absolute atomic E-state index is 0.0621. The standard InChI is InChI=1S/C55H98O5/c1-4-7-10-13-16-19-22-25-28-30-33-36-39-42-45-48-54(56)59-52-53(51-58-50-47-44-41-38-35-32-27-24-21-18-15-12-9-6-3)60-55(57)49-46-43-40-37-34-31-29-26-23-20-17-14-11-8-5-2/h7,10,16,19,25-26,28-29,33,36,53H,4-6,8-9,11-15,17-18,20-24,27,30-32,34-35,37-52H2,1-3H3/b10-7-,19-16-,28-25-,29-26-,36-33-. The lowest BCUT2D eigenvalue weighted by atomic mass is 10.0. The lowest BCUT2D eigenvalue weighted by molar-refractivity contribution is -0.163. The van der Waals surface area contributed by atoms with Crippen LogP contribution in [-0.4, -0.2) is 37.9 Å². The molecule has 60 heavy (non-hydrogen) atoms. The van der Waals surface area contributed by atoms with Crippen molar-refractivity contribution in [3.8, 4) is 0 Å². The number of rotatable bonds is 47. The third-order valence-corrected chi connectivity index (χ3v) is 11.0. The first-order valence-electron chi connectivity index (χ1n) is 25.8. The molecule has 0 heterocycles. The second-order valence-corrected chi connectivity index (χ2v) is 17.0. The topological polar surface area (TPSA) is 61.8 Å². The zero-order valence-electron chi connectivity index (χ0n) is 40.0. The fourth-order valence-corrected chi connectivity index (χ4v) is 7.20. The number of ether oxygens (including phenoxy) is 3. The SMILES string of the molecule is CC/C=C\C/C=C\C/C=C\C/C=C\CCCCC(=O)OCC(COCCCCCCCCCCCCCCCC)OC(=O)CCCCCCC/C=C\CCCCCCCC. The molecule has 5 heteroatoms. The van der Waals surface area contributed by atoms with Crippen LogP contribution in [0.15, 0.2) is 60.8 Å². The highest BCUT2D eigenvalue weighted by atomic mass is 16.6. The summed E-state index contributed by atoms with van der Waals surface area (Å²) < 4.78 is 17.4. The van der Waals surface area contributed by atoms with Gasteiger partial charge in [0.05, 0.1) is 6.61 Å². The zero-order chi connectivity index (χ0) is 43.5. The van der Waals surface area contributed by atoms with Gasteiger partial charge in [-0.3, -0.25) is 9.59 Å². The number of carbonyl (C=O) groups is 2. The molecule has 0 radical (unpaired) electrons. The molecule has 0 aromatic heterocycles. The smallest absolute Gasteiger partial charge is 0.306 e. The van der Waals surface area contributed by atoms with Crippen molar-refractivity contribution in [3.63, 3.8) is 0 Å². The summed E-state index contributed by atoms with van der Waals surface area (Å²) in [4.78, 5) is 25.4. The minimum Gasteiger partial charge on any atom is -0.462 e. The zero-order valence-corrected chi connectivity index (χ0v) is 40.0. The Bertz CT molecular complexity index is 1040. The van der Waals surface area contributed by atoms with E-state index < -0.39 is 6.10 Å². The molecule has 1 atom stereocenters. The van der Waals surface area contributed by atoms with Crippen LogP contribution >= 0.6 is 0 Å². The summed E-state index contributed by atoms with van der Waals surface area (Å²) in [6.07, 6.45) is 63.7. The van der Waals surface area contributed by atoms with Crippen LogP contribution in [0, 0.1) is 0 Å². The Morgan fingerprint density at radius 3 is 1.25 bits per heavy atom. The lowest BCUT2D eigenvalue weighted by Gasteiger charge is -2.18. The fraction of sp³-hybridized carbons (Fsp3) is 0.782. The van der Waals surface area contributed by atoms with Gasteiger partial charge in [-0.25, -0.2) is 0 Å². The Morgan fingerprint density at radius 2 is 0.750 bits per heavy atom. The number of hydrogen-bond donors (Lipinski definition) is 0. The predicted octanol–water partition coefficient (Wildman–Crippen LogP) is 17.3. The summed E-state index contributed by atoms with van der Waals surface area (Å²) in [5.41, 5.74) is 0. The molecule has 0 aromatic carbocycles. The van der Waals surface area contributed by atoms with Gasteiger partial charge in [0.15, 0.2) is 6.10 Å². The van der Waals surface area contributed by atoms with Gasteiger partial charge in [0.1, 0.15) is 6.61 Å². The Labute approximate surface area is 373 Å². The highest BCUT2D eigenvalue weighted by Crippen LogP contribution is 2.14. The molecular formula is C55H98O5. The molecule has 0 spiro atoms. The van der Waals surface area contributed by atoms with E-state index in [1.54, 1.807) is 0 Å². The second kappa shape index (κ2) is 51.0. The van der Waals surface area contributed by atoms with E-state index in [0.29, 0.717) is 19.4 Å². The number of allylic oxidation sites excluding steroid dienone is 10. The molecule has 1 unspecified atom stereocenters. The van der Waals surface area contributed by atoms with E-state index in [-0.39, 0.29) is 25.2 Å². The van der Waals surface area contributed by atoms with Crippen LogP contribution < -0.4 is 0 Å². The highest BCUT2D eigenvalue weighted by Gasteiger charge is 2.17. The lowest BCUT2D eigenvalue weighted by Crippen LogP contribution is -2.30. The van der Waals surface area contributed by atoms with E-state index in [4.69, 9.17) is 14.2 Å². The van der Waals surface area contributed by atoms with Crippen molar-refractivity contribution in [2.24, 2.45) is 0 Å². The Balaban J connectivity index is 4.33. The maximum absolute atomic E-state index is 12.8. The van der Waals surface area contributed by atoms with E-state index in [0.717, 1.165) is 83.5 Å². The first kappa shape index (κ1) is 57.6. The number of esters is 2. The summed E-state index contributed by atoms with van der Waals surface area (Å²) in [6, 6.07) is 0. The Morgan fingerprint density at radius 1 is 0.383 bits per heavy atom. The van der Waals surface area contributed by atoms with Gasteiger partial charge in [-0.1, -0.05) is 216 Å². The van der Waals surface area contributed by atoms with Gasteiger partial charge in [0, 0.05) is 19.4 Å². The van der Waals surface area contributed by atoms with E-state index in [9.17, 15) is 9.59 Å². The van der Waals surface area contributed by atoms with Gasteiger partial charge in [0.2, 0.25) is 0 Å².